The molecule has 0 aliphatic carbocycles. The molecule has 0 radical (unpaired) electrons. The third-order valence-corrected chi connectivity index (χ3v) is 6.53. The second-order valence-corrected chi connectivity index (χ2v) is 8.77. The number of nitrogens with zero attached hydrogens (tertiary/aromatic N) is 2. The molecule has 130 valence electrons. The molecule has 1 aromatic carbocycles. The Morgan fingerprint density at radius 2 is 2.12 bits per heavy atom. The second-order valence-electron chi connectivity index (χ2n) is 6.19. The molecule has 2 aromatic rings. The number of rotatable bonds is 6. The SMILES string of the molecule is CC[NH+](Cn1nc(Cc2ccccc2)oc1=S)[C@@H]1CCS(=O)(=O)C1. The maximum Gasteiger partial charge on any atom is 0.291 e. The number of hydrogen-bond acceptors (Lipinski definition) is 5. The monoisotopic (exact) mass is 368 g/mol. The third kappa shape index (κ3) is 4.12. The summed E-state index contributed by atoms with van der Waals surface area (Å²) in [5, 5.41) is 4.48. The number of nitrogens with one attached hydrogen (secondary N) is 1. The van der Waals surface area contributed by atoms with Crippen LogP contribution in [0, 0.1) is 4.84 Å². The van der Waals surface area contributed by atoms with Crippen molar-refractivity contribution in [1.29, 1.82) is 0 Å². The molecule has 0 spiro atoms. The predicted molar refractivity (Wildman–Crippen MR) is 93.1 cm³/mol. The van der Waals surface area contributed by atoms with Crippen LogP contribution < -0.4 is 4.90 Å². The molecule has 1 aliphatic rings. The molecule has 0 amide bonds. The molecule has 1 N–H and O–H groups in total. The van der Waals surface area contributed by atoms with E-state index in [0.717, 1.165) is 12.1 Å². The van der Waals surface area contributed by atoms with Crippen LogP contribution in [0.25, 0.3) is 0 Å². The number of sulfone groups is 1. The smallest absolute Gasteiger partial charge is 0.291 e. The molecular weight excluding hydrogens is 346 g/mol. The Hall–Kier alpha value is -1.51. The first-order chi connectivity index (χ1) is 11.5. The first-order valence-electron chi connectivity index (χ1n) is 8.12. The number of benzene rings is 1. The van der Waals surface area contributed by atoms with Gasteiger partial charge in [0, 0.05) is 6.42 Å². The van der Waals surface area contributed by atoms with E-state index >= 15 is 0 Å². The van der Waals surface area contributed by atoms with Crippen LogP contribution in [0.4, 0.5) is 0 Å². The maximum atomic E-state index is 11.7. The van der Waals surface area contributed by atoms with E-state index in [4.69, 9.17) is 16.6 Å². The van der Waals surface area contributed by atoms with Crippen LogP contribution in [0.3, 0.4) is 0 Å². The van der Waals surface area contributed by atoms with Crippen LogP contribution in [0.2, 0.25) is 0 Å². The van der Waals surface area contributed by atoms with Crippen molar-refractivity contribution >= 4 is 22.1 Å². The van der Waals surface area contributed by atoms with Crippen molar-refractivity contribution in [1.82, 2.24) is 9.78 Å². The van der Waals surface area contributed by atoms with Crippen molar-refractivity contribution in [2.24, 2.45) is 0 Å². The van der Waals surface area contributed by atoms with E-state index in [0.29, 0.717) is 30.2 Å². The molecule has 1 aromatic heterocycles. The highest BCUT2D eigenvalue weighted by molar-refractivity contribution is 7.91. The van der Waals surface area contributed by atoms with Gasteiger partial charge in [-0.3, -0.25) is 0 Å². The second kappa shape index (κ2) is 7.16. The highest BCUT2D eigenvalue weighted by Crippen LogP contribution is 2.10. The molecular formula is C16H22N3O3S2+. The first kappa shape index (κ1) is 17.3. The van der Waals surface area contributed by atoms with E-state index < -0.39 is 9.84 Å². The third-order valence-electron chi connectivity index (χ3n) is 4.46. The predicted octanol–water partition coefficient (Wildman–Crippen LogP) is 0.846. The zero-order valence-corrected chi connectivity index (χ0v) is 15.3. The van der Waals surface area contributed by atoms with Crippen LogP contribution in [-0.4, -0.2) is 42.3 Å². The van der Waals surface area contributed by atoms with Crippen LogP contribution in [0.5, 0.6) is 0 Å². The summed E-state index contributed by atoms with van der Waals surface area (Å²) in [4.78, 5) is 1.51. The zero-order valence-electron chi connectivity index (χ0n) is 13.6. The van der Waals surface area contributed by atoms with Crippen molar-refractivity contribution < 1.29 is 17.7 Å². The highest BCUT2D eigenvalue weighted by Gasteiger charge is 2.35. The maximum absolute atomic E-state index is 11.7. The van der Waals surface area contributed by atoms with Gasteiger partial charge in [0.05, 0.1) is 18.7 Å². The molecule has 3 rings (SSSR count). The number of quaternary nitrogens is 1. The fourth-order valence-electron chi connectivity index (χ4n) is 3.13. The van der Waals surface area contributed by atoms with Gasteiger partial charge in [-0.1, -0.05) is 30.3 Å². The summed E-state index contributed by atoms with van der Waals surface area (Å²) in [6, 6.07) is 10.1. The summed E-state index contributed by atoms with van der Waals surface area (Å²) in [6.07, 6.45) is 1.30. The van der Waals surface area contributed by atoms with E-state index in [1.165, 1.54) is 4.90 Å². The Morgan fingerprint density at radius 3 is 2.75 bits per heavy atom. The minimum Gasteiger partial charge on any atom is -0.413 e. The van der Waals surface area contributed by atoms with Crippen LogP contribution in [0.15, 0.2) is 34.7 Å². The molecule has 1 fully saturated rings. The van der Waals surface area contributed by atoms with E-state index in [1.54, 1.807) is 4.68 Å². The fraction of sp³-hybridized carbons (Fsp3) is 0.500. The van der Waals surface area contributed by atoms with Gasteiger partial charge in [0.15, 0.2) is 16.5 Å². The molecule has 1 unspecified atom stereocenters. The normalized spacial score (nSPS) is 21.0. The largest absolute Gasteiger partial charge is 0.413 e. The average molecular weight is 369 g/mol. The van der Waals surface area contributed by atoms with Gasteiger partial charge in [-0.2, -0.15) is 4.68 Å². The lowest BCUT2D eigenvalue weighted by Gasteiger charge is -2.22. The highest BCUT2D eigenvalue weighted by atomic mass is 32.2. The van der Waals surface area contributed by atoms with E-state index in [2.05, 4.69) is 12.0 Å². The first-order valence-corrected chi connectivity index (χ1v) is 10.4. The van der Waals surface area contributed by atoms with Gasteiger partial charge in [0.25, 0.3) is 4.84 Å². The van der Waals surface area contributed by atoms with Crippen molar-refractivity contribution in [2.75, 3.05) is 18.1 Å². The minimum absolute atomic E-state index is 0.108. The molecule has 24 heavy (non-hydrogen) atoms. The Labute approximate surface area is 147 Å². The minimum atomic E-state index is -2.89. The Balaban J connectivity index is 1.71. The van der Waals surface area contributed by atoms with Crippen molar-refractivity contribution in [3.8, 4) is 0 Å². The van der Waals surface area contributed by atoms with Crippen LogP contribution >= 0.6 is 12.2 Å². The molecule has 0 saturated carbocycles. The van der Waals surface area contributed by atoms with Crippen LogP contribution in [-0.2, 0) is 22.9 Å². The Morgan fingerprint density at radius 1 is 1.38 bits per heavy atom. The van der Waals surface area contributed by atoms with Crippen molar-refractivity contribution in [3.63, 3.8) is 0 Å². The van der Waals surface area contributed by atoms with Crippen molar-refractivity contribution in [2.45, 2.75) is 32.5 Å². The summed E-state index contributed by atoms with van der Waals surface area (Å²) >= 11 is 5.28. The van der Waals surface area contributed by atoms with Crippen LogP contribution in [0.1, 0.15) is 24.8 Å². The van der Waals surface area contributed by atoms with Gasteiger partial charge in [-0.25, -0.2) is 8.42 Å². The summed E-state index contributed by atoms with van der Waals surface area (Å²) < 4.78 is 30.7. The number of aromatic nitrogens is 2. The lowest BCUT2D eigenvalue weighted by Crippen LogP contribution is -3.15. The summed E-state index contributed by atoms with van der Waals surface area (Å²) in [7, 11) is -2.89. The summed E-state index contributed by atoms with van der Waals surface area (Å²) in [5.74, 6) is 1.11. The van der Waals surface area contributed by atoms with E-state index in [9.17, 15) is 8.42 Å². The molecule has 1 saturated heterocycles. The molecule has 6 nitrogen and oxygen atoms in total. The van der Waals surface area contributed by atoms with E-state index in [-0.39, 0.29) is 17.5 Å². The van der Waals surface area contributed by atoms with Gasteiger partial charge >= 0.3 is 0 Å². The zero-order chi connectivity index (χ0) is 17.2. The Bertz CT molecular complexity index is 843. The van der Waals surface area contributed by atoms with Gasteiger partial charge in [-0.15, -0.1) is 5.10 Å². The molecule has 0 bridgehead atoms. The lowest BCUT2D eigenvalue weighted by molar-refractivity contribution is -0.943. The lowest BCUT2D eigenvalue weighted by atomic mass is 10.2. The fourth-order valence-corrected chi connectivity index (χ4v) is 5.16. The number of hydrogen-bond donors (Lipinski definition) is 1. The Kier molecular flexibility index (Phi) is 5.17. The topological polar surface area (TPSA) is 69.5 Å². The summed E-state index contributed by atoms with van der Waals surface area (Å²) in [5.41, 5.74) is 1.11. The van der Waals surface area contributed by atoms with E-state index in [1.807, 2.05) is 30.3 Å². The van der Waals surface area contributed by atoms with Gasteiger partial charge < -0.3 is 9.32 Å². The molecule has 2 atom stereocenters. The molecule has 2 heterocycles. The molecule has 1 aliphatic heterocycles. The summed E-state index contributed by atoms with van der Waals surface area (Å²) in [6.45, 7) is 3.41. The average Bonchev–Trinajstić information content (AvgIpc) is 3.08. The quantitative estimate of drug-likeness (QED) is 0.766. The molecule has 8 heteroatoms. The van der Waals surface area contributed by atoms with Gasteiger partial charge in [0.2, 0.25) is 5.89 Å². The van der Waals surface area contributed by atoms with Gasteiger partial charge in [0.1, 0.15) is 11.8 Å². The standard InChI is InChI=1S/C16H21N3O3S2/c1-2-18(14-8-9-24(20,21)11-14)12-19-16(23)22-15(17-19)10-13-6-4-3-5-7-13/h3-7,14H,2,8-12H2,1H3/p+1/t14-/m1/s1. The van der Waals surface area contributed by atoms with Gasteiger partial charge in [-0.05, 0) is 24.7 Å². The van der Waals surface area contributed by atoms with Crippen molar-refractivity contribution in [3.05, 3.63) is 46.6 Å².